The molecule has 0 saturated heterocycles. The number of nitrogens with one attached hydrogen (secondary N) is 1. The zero-order valence-electron chi connectivity index (χ0n) is 17.8. The molecule has 2 atom stereocenters. The molecular formula is C21H29N3O6. The van der Waals surface area contributed by atoms with Gasteiger partial charge in [0.05, 0.1) is 7.11 Å². The van der Waals surface area contributed by atoms with Gasteiger partial charge in [-0.05, 0) is 38.3 Å². The Labute approximate surface area is 175 Å². The number of benzene rings is 1. The van der Waals surface area contributed by atoms with E-state index >= 15 is 0 Å². The maximum Gasteiger partial charge on any atom is 0.408 e. The zero-order valence-corrected chi connectivity index (χ0v) is 17.8. The Kier molecular flexibility index (Phi) is 7.42. The maximum absolute atomic E-state index is 13.3. The van der Waals surface area contributed by atoms with E-state index in [0.29, 0.717) is 6.42 Å². The number of rotatable bonds is 6. The molecule has 1 heterocycles. The number of nitrogens with two attached hydrogens (primary N) is 1. The van der Waals surface area contributed by atoms with Crippen molar-refractivity contribution in [2.24, 2.45) is 5.73 Å². The monoisotopic (exact) mass is 419 g/mol. The first kappa shape index (κ1) is 23.2. The molecule has 1 aromatic rings. The van der Waals surface area contributed by atoms with Crippen LogP contribution in [0.4, 0.5) is 4.79 Å². The molecule has 1 aromatic carbocycles. The van der Waals surface area contributed by atoms with E-state index < -0.39 is 41.6 Å². The number of carbonyl (C=O) groups excluding carboxylic acids is 4. The summed E-state index contributed by atoms with van der Waals surface area (Å²) in [5.41, 5.74) is 6.32. The third kappa shape index (κ3) is 6.20. The molecule has 30 heavy (non-hydrogen) atoms. The summed E-state index contributed by atoms with van der Waals surface area (Å²) in [5, 5.41) is 2.52. The van der Waals surface area contributed by atoms with Crippen LogP contribution < -0.4 is 11.1 Å². The van der Waals surface area contributed by atoms with Crippen molar-refractivity contribution in [3.05, 3.63) is 35.4 Å². The Hall–Kier alpha value is -3.10. The first-order valence-electron chi connectivity index (χ1n) is 9.74. The molecule has 9 nitrogen and oxygen atoms in total. The van der Waals surface area contributed by atoms with Crippen LogP contribution in [0.2, 0.25) is 0 Å². The maximum atomic E-state index is 13.3. The lowest BCUT2D eigenvalue weighted by molar-refractivity contribution is -0.155. The minimum Gasteiger partial charge on any atom is -0.467 e. The summed E-state index contributed by atoms with van der Waals surface area (Å²) in [5.74, 6) is -1.66. The topological polar surface area (TPSA) is 128 Å². The summed E-state index contributed by atoms with van der Waals surface area (Å²) in [7, 11) is 1.26. The summed E-state index contributed by atoms with van der Waals surface area (Å²) in [4.78, 5) is 50.6. The van der Waals surface area contributed by atoms with Gasteiger partial charge in [0.25, 0.3) is 0 Å². The number of hydrogen-bond acceptors (Lipinski definition) is 6. The van der Waals surface area contributed by atoms with Crippen LogP contribution in [0.3, 0.4) is 0 Å². The smallest absolute Gasteiger partial charge is 0.408 e. The summed E-state index contributed by atoms with van der Waals surface area (Å²) in [6, 6.07) is 5.58. The first-order chi connectivity index (χ1) is 14.0. The van der Waals surface area contributed by atoms with E-state index in [1.165, 1.54) is 12.0 Å². The number of carbonyl (C=O) groups is 4. The van der Waals surface area contributed by atoms with Gasteiger partial charge >= 0.3 is 12.1 Å². The van der Waals surface area contributed by atoms with Gasteiger partial charge in [-0.15, -0.1) is 0 Å². The van der Waals surface area contributed by atoms with Gasteiger partial charge in [-0.2, -0.15) is 0 Å². The molecule has 1 aliphatic rings. The van der Waals surface area contributed by atoms with E-state index in [4.69, 9.17) is 15.2 Å². The number of amides is 3. The molecule has 1 aliphatic heterocycles. The highest BCUT2D eigenvalue weighted by atomic mass is 16.6. The van der Waals surface area contributed by atoms with Gasteiger partial charge in [-0.25, -0.2) is 9.59 Å². The predicted octanol–water partition coefficient (Wildman–Crippen LogP) is 1.27. The third-order valence-corrected chi connectivity index (χ3v) is 4.67. The quantitative estimate of drug-likeness (QED) is 0.669. The number of nitrogens with zero attached hydrogens (tertiary/aromatic N) is 1. The molecule has 0 spiro atoms. The van der Waals surface area contributed by atoms with E-state index in [0.717, 1.165) is 11.1 Å². The molecule has 0 aliphatic carbocycles. The fraction of sp³-hybridized carbons (Fsp3) is 0.524. The van der Waals surface area contributed by atoms with E-state index in [9.17, 15) is 19.2 Å². The van der Waals surface area contributed by atoms with Crippen LogP contribution in [-0.2, 0) is 36.8 Å². The summed E-state index contributed by atoms with van der Waals surface area (Å²) in [6.45, 7) is 5.27. The first-order valence-corrected chi connectivity index (χ1v) is 9.74. The molecule has 9 heteroatoms. The number of primary amides is 1. The van der Waals surface area contributed by atoms with Crippen LogP contribution in [0.1, 0.15) is 44.7 Å². The average molecular weight is 419 g/mol. The summed E-state index contributed by atoms with van der Waals surface area (Å²) in [6.07, 6.45) is -0.625. The second-order valence-electron chi connectivity index (χ2n) is 8.18. The van der Waals surface area contributed by atoms with E-state index in [1.54, 1.807) is 20.8 Å². The van der Waals surface area contributed by atoms with Crippen LogP contribution in [0.15, 0.2) is 24.3 Å². The van der Waals surface area contributed by atoms with E-state index in [-0.39, 0.29) is 19.4 Å². The molecule has 0 radical (unpaired) electrons. The van der Waals surface area contributed by atoms with Crippen molar-refractivity contribution in [1.82, 2.24) is 10.2 Å². The van der Waals surface area contributed by atoms with Crippen molar-refractivity contribution in [2.45, 2.75) is 64.3 Å². The standard InChI is InChI=1S/C21H29N3O6/c1-21(2,3)30-20(28)23-15(9-10-17(22)25)18(26)24-12-14-8-6-5-7-13(14)11-16(24)19(27)29-4/h5-8,15-16H,9-12H2,1-4H3,(H2,22,25)(H,23,28)/t15?,16-/m0/s1. The Morgan fingerprint density at radius 1 is 1.20 bits per heavy atom. The molecule has 0 fully saturated rings. The van der Waals surface area contributed by atoms with Gasteiger partial charge < -0.3 is 25.4 Å². The van der Waals surface area contributed by atoms with Gasteiger partial charge in [0.1, 0.15) is 17.7 Å². The fourth-order valence-corrected chi connectivity index (χ4v) is 3.30. The molecule has 0 saturated carbocycles. The minimum absolute atomic E-state index is 0.0144. The summed E-state index contributed by atoms with van der Waals surface area (Å²) < 4.78 is 10.1. The normalized spacial score (nSPS) is 16.8. The van der Waals surface area contributed by atoms with Crippen molar-refractivity contribution < 1.29 is 28.7 Å². The number of ether oxygens (including phenoxy) is 2. The molecule has 2 rings (SSSR count). The van der Waals surface area contributed by atoms with Gasteiger partial charge in [0, 0.05) is 19.4 Å². The van der Waals surface area contributed by atoms with Gasteiger partial charge in [0.15, 0.2) is 0 Å². The lowest BCUT2D eigenvalue weighted by atomic mass is 9.93. The number of fused-ring (bicyclic) bond motifs is 1. The van der Waals surface area contributed by atoms with Crippen LogP contribution in [0, 0.1) is 0 Å². The lowest BCUT2D eigenvalue weighted by Crippen LogP contribution is -2.56. The molecule has 0 aromatic heterocycles. The van der Waals surface area contributed by atoms with Crippen LogP contribution in [-0.4, -0.2) is 53.6 Å². The van der Waals surface area contributed by atoms with Crippen molar-refractivity contribution in [2.75, 3.05) is 7.11 Å². The second-order valence-corrected chi connectivity index (χ2v) is 8.18. The van der Waals surface area contributed by atoms with Crippen LogP contribution in [0.5, 0.6) is 0 Å². The molecular weight excluding hydrogens is 390 g/mol. The SMILES string of the molecule is COC(=O)[C@@H]1Cc2ccccc2CN1C(=O)C(CCC(N)=O)NC(=O)OC(C)(C)C. The predicted molar refractivity (Wildman–Crippen MR) is 108 cm³/mol. The molecule has 3 amide bonds. The lowest BCUT2D eigenvalue weighted by Gasteiger charge is -2.37. The van der Waals surface area contributed by atoms with Gasteiger partial charge in [-0.3, -0.25) is 9.59 Å². The van der Waals surface area contributed by atoms with Crippen LogP contribution in [0.25, 0.3) is 0 Å². The van der Waals surface area contributed by atoms with E-state index in [2.05, 4.69) is 5.32 Å². The average Bonchev–Trinajstić information content (AvgIpc) is 2.67. The highest BCUT2D eigenvalue weighted by molar-refractivity contribution is 5.90. The zero-order chi connectivity index (χ0) is 22.5. The van der Waals surface area contributed by atoms with Gasteiger partial charge in [0.2, 0.25) is 11.8 Å². The van der Waals surface area contributed by atoms with Crippen molar-refractivity contribution in [3.63, 3.8) is 0 Å². The summed E-state index contributed by atoms with van der Waals surface area (Å²) >= 11 is 0. The van der Waals surface area contributed by atoms with Crippen molar-refractivity contribution in [1.29, 1.82) is 0 Å². The number of hydrogen-bond donors (Lipinski definition) is 2. The van der Waals surface area contributed by atoms with Gasteiger partial charge in [-0.1, -0.05) is 24.3 Å². The van der Waals surface area contributed by atoms with Crippen molar-refractivity contribution in [3.8, 4) is 0 Å². The fourth-order valence-electron chi connectivity index (χ4n) is 3.30. The molecule has 164 valence electrons. The molecule has 1 unspecified atom stereocenters. The number of methoxy groups -OCH3 is 1. The van der Waals surface area contributed by atoms with Crippen molar-refractivity contribution >= 4 is 23.9 Å². The Bertz CT molecular complexity index is 817. The Balaban J connectivity index is 2.29. The van der Waals surface area contributed by atoms with Crippen LogP contribution >= 0.6 is 0 Å². The third-order valence-electron chi connectivity index (χ3n) is 4.67. The highest BCUT2D eigenvalue weighted by Crippen LogP contribution is 2.25. The largest absolute Gasteiger partial charge is 0.467 e. The highest BCUT2D eigenvalue weighted by Gasteiger charge is 2.38. The van der Waals surface area contributed by atoms with E-state index in [1.807, 2.05) is 24.3 Å². The number of alkyl carbamates (subject to hydrolysis) is 1. The molecule has 3 N–H and O–H groups in total. The second kappa shape index (κ2) is 9.60. The molecule has 0 bridgehead atoms. The Morgan fingerprint density at radius 3 is 2.40 bits per heavy atom. The minimum atomic E-state index is -1.08. The Morgan fingerprint density at radius 2 is 1.83 bits per heavy atom. The number of esters is 1.